The monoisotopic (exact) mass is 343 g/mol. The normalized spacial score (nSPS) is 17.1. The van der Waals surface area contributed by atoms with E-state index in [4.69, 9.17) is 4.74 Å². The van der Waals surface area contributed by atoms with Crippen LogP contribution in [0.4, 0.5) is 5.69 Å². The molecule has 5 heteroatoms. The fourth-order valence-corrected chi connectivity index (χ4v) is 3.71. The summed E-state index contributed by atoms with van der Waals surface area (Å²) in [4.78, 5) is 12.9. The number of hydrogen-bond donors (Lipinski definition) is 2. The predicted molar refractivity (Wildman–Crippen MR) is 102 cm³/mol. The molecule has 1 amide bonds. The molecule has 0 atom stereocenters. The number of nitrogens with zero attached hydrogens (tertiary/aromatic N) is 1. The van der Waals surface area contributed by atoms with Crippen molar-refractivity contribution in [2.75, 3.05) is 32.1 Å². The van der Waals surface area contributed by atoms with Gasteiger partial charge in [0.15, 0.2) is 0 Å². The fourth-order valence-electron chi connectivity index (χ4n) is 3.71. The molecule has 2 aromatic rings. The molecule has 1 aliphatic rings. The molecule has 0 spiro atoms. The summed E-state index contributed by atoms with van der Waals surface area (Å²) in [6.45, 7) is 7.61. The van der Waals surface area contributed by atoms with E-state index in [1.807, 2.05) is 6.07 Å². The van der Waals surface area contributed by atoms with E-state index >= 15 is 0 Å². The average molecular weight is 343 g/mol. The number of fused-ring (bicyclic) bond motifs is 1. The van der Waals surface area contributed by atoms with Gasteiger partial charge < -0.3 is 19.9 Å². The summed E-state index contributed by atoms with van der Waals surface area (Å²) in [5.74, 6) is 0.667. The van der Waals surface area contributed by atoms with Crippen molar-refractivity contribution in [2.24, 2.45) is 11.3 Å². The first-order valence-electron chi connectivity index (χ1n) is 9.14. The summed E-state index contributed by atoms with van der Waals surface area (Å²) in [5, 5.41) is 7.60. The molecule has 2 heterocycles. The van der Waals surface area contributed by atoms with E-state index in [1.54, 1.807) is 7.11 Å². The quantitative estimate of drug-likeness (QED) is 0.846. The van der Waals surface area contributed by atoms with Gasteiger partial charge in [0.05, 0.1) is 12.0 Å². The lowest BCUT2D eigenvalue weighted by Crippen LogP contribution is -2.47. The molecule has 0 unspecified atom stereocenters. The van der Waals surface area contributed by atoms with Gasteiger partial charge in [-0.2, -0.15) is 0 Å². The van der Waals surface area contributed by atoms with Crippen molar-refractivity contribution < 1.29 is 9.53 Å². The third-order valence-corrected chi connectivity index (χ3v) is 5.05. The van der Waals surface area contributed by atoms with Gasteiger partial charge in [-0.1, -0.05) is 13.8 Å². The Morgan fingerprint density at radius 2 is 2.08 bits per heavy atom. The van der Waals surface area contributed by atoms with Crippen LogP contribution >= 0.6 is 0 Å². The van der Waals surface area contributed by atoms with E-state index in [0.29, 0.717) is 12.5 Å². The van der Waals surface area contributed by atoms with Crippen LogP contribution in [-0.2, 0) is 16.1 Å². The molecular formula is C20H29N3O2. The highest BCUT2D eigenvalue weighted by Crippen LogP contribution is 2.31. The number of carbonyl (C=O) groups excluding carboxylic acids is 1. The highest BCUT2D eigenvalue weighted by Gasteiger charge is 2.39. The largest absolute Gasteiger partial charge is 0.384 e. The van der Waals surface area contributed by atoms with Crippen LogP contribution in [0.5, 0.6) is 0 Å². The van der Waals surface area contributed by atoms with E-state index in [9.17, 15) is 4.79 Å². The molecule has 3 rings (SSSR count). The third-order valence-electron chi connectivity index (χ3n) is 5.05. The van der Waals surface area contributed by atoms with Gasteiger partial charge in [-0.05, 0) is 56.1 Å². The van der Waals surface area contributed by atoms with Gasteiger partial charge in [0.2, 0.25) is 5.91 Å². The molecule has 1 saturated heterocycles. The van der Waals surface area contributed by atoms with Crippen LogP contribution in [0.15, 0.2) is 30.5 Å². The summed E-state index contributed by atoms with van der Waals surface area (Å²) in [6, 6.07) is 8.27. The molecule has 0 radical (unpaired) electrons. The van der Waals surface area contributed by atoms with Crippen LogP contribution in [0.25, 0.3) is 10.9 Å². The number of aromatic nitrogens is 1. The maximum absolute atomic E-state index is 12.9. The smallest absolute Gasteiger partial charge is 0.233 e. The van der Waals surface area contributed by atoms with E-state index in [-0.39, 0.29) is 5.91 Å². The maximum atomic E-state index is 12.9. The Bertz CT molecular complexity index is 724. The molecule has 136 valence electrons. The summed E-state index contributed by atoms with van der Waals surface area (Å²) >= 11 is 0. The van der Waals surface area contributed by atoms with E-state index < -0.39 is 5.41 Å². The zero-order valence-electron chi connectivity index (χ0n) is 15.5. The molecule has 2 N–H and O–H groups in total. The highest BCUT2D eigenvalue weighted by molar-refractivity contribution is 5.97. The van der Waals surface area contributed by atoms with Gasteiger partial charge in [0.1, 0.15) is 0 Å². The standard InChI is InChI=1S/C20H29N3O2/c1-15(2)13-23-11-6-16-12-17(4-5-18(16)23)22-19(24)20(14-25-3)7-9-21-10-8-20/h4-6,11-12,15,21H,7-10,13-14H2,1-3H3,(H,22,24). The number of benzene rings is 1. The van der Waals surface area contributed by atoms with Crippen LogP contribution in [0.2, 0.25) is 0 Å². The van der Waals surface area contributed by atoms with Crippen LogP contribution in [0.1, 0.15) is 26.7 Å². The molecular weight excluding hydrogens is 314 g/mol. The van der Waals surface area contributed by atoms with Crippen LogP contribution in [0, 0.1) is 11.3 Å². The molecule has 1 aromatic heterocycles. The molecule has 0 aliphatic carbocycles. The number of amides is 1. The van der Waals surface area contributed by atoms with Crippen LogP contribution in [-0.4, -0.2) is 37.3 Å². The lowest BCUT2D eigenvalue weighted by atomic mass is 9.78. The number of rotatable bonds is 6. The summed E-state index contributed by atoms with van der Waals surface area (Å²) in [6.07, 6.45) is 3.73. The lowest BCUT2D eigenvalue weighted by molar-refractivity contribution is -0.130. The van der Waals surface area contributed by atoms with Gasteiger partial charge in [-0.15, -0.1) is 0 Å². The Morgan fingerprint density at radius 3 is 2.76 bits per heavy atom. The zero-order valence-corrected chi connectivity index (χ0v) is 15.5. The first kappa shape index (κ1) is 18.0. The first-order valence-corrected chi connectivity index (χ1v) is 9.14. The minimum absolute atomic E-state index is 0.0665. The van der Waals surface area contributed by atoms with Gasteiger partial charge in [0.25, 0.3) is 0 Å². The lowest BCUT2D eigenvalue weighted by Gasteiger charge is -2.35. The number of methoxy groups -OCH3 is 1. The highest BCUT2D eigenvalue weighted by atomic mass is 16.5. The molecule has 0 saturated carbocycles. The second-order valence-electron chi connectivity index (χ2n) is 7.55. The molecule has 1 fully saturated rings. The first-order chi connectivity index (χ1) is 12.0. The van der Waals surface area contributed by atoms with Crippen LogP contribution < -0.4 is 10.6 Å². The summed E-state index contributed by atoms with van der Waals surface area (Å²) in [5.41, 5.74) is 1.63. The van der Waals surface area contributed by atoms with Gasteiger partial charge in [-0.3, -0.25) is 4.79 Å². The predicted octanol–water partition coefficient (Wildman–Crippen LogP) is 3.25. The Balaban J connectivity index is 1.78. The number of anilines is 1. The number of ether oxygens (including phenoxy) is 1. The second kappa shape index (κ2) is 7.58. The maximum Gasteiger partial charge on any atom is 0.233 e. The topological polar surface area (TPSA) is 55.3 Å². The molecule has 1 aromatic carbocycles. The number of piperidine rings is 1. The Labute approximate surface area is 149 Å². The molecule has 25 heavy (non-hydrogen) atoms. The SMILES string of the molecule is COCC1(C(=O)Nc2ccc3c(ccn3CC(C)C)c2)CCNCC1. The van der Waals surface area contributed by atoms with Gasteiger partial charge >= 0.3 is 0 Å². The van der Waals surface area contributed by atoms with Crippen molar-refractivity contribution in [1.29, 1.82) is 0 Å². The number of carbonyl (C=O) groups is 1. The third kappa shape index (κ3) is 3.88. The van der Waals surface area contributed by atoms with Gasteiger partial charge in [-0.25, -0.2) is 0 Å². The van der Waals surface area contributed by atoms with Crippen molar-refractivity contribution in [3.8, 4) is 0 Å². The van der Waals surface area contributed by atoms with E-state index in [1.165, 1.54) is 5.52 Å². The van der Waals surface area contributed by atoms with Crippen molar-refractivity contribution in [2.45, 2.75) is 33.2 Å². The number of hydrogen-bond acceptors (Lipinski definition) is 3. The zero-order chi connectivity index (χ0) is 17.9. The molecule has 0 bridgehead atoms. The number of nitrogens with one attached hydrogen (secondary N) is 2. The second-order valence-corrected chi connectivity index (χ2v) is 7.55. The van der Waals surface area contributed by atoms with Crippen molar-refractivity contribution in [1.82, 2.24) is 9.88 Å². The Kier molecular flexibility index (Phi) is 5.45. The van der Waals surface area contributed by atoms with Crippen molar-refractivity contribution in [3.05, 3.63) is 30.5 Å². The molecule has 5 nitrogen and oxygen atoms in total. The van der Waals surface area contributed by atoms with E-state index in [2.05, 4.69) is 53.4 Å². The van der Waals surface area contributed by atoms with Crippen molar-refractivity contribution in [3.63, 3.8) is 0 Å². The minimum atomic E-state index is -0.432. The van der Waals surface area contributed by atoms with E-state index in [0.717, 1.165) is 43.5 Å². The summed E-state index contributed by atoms with van der Waals surface area (Å²) in [7, 11) is 1.67. The van der Waals surface area contributed by atoms with Gasteiger partial charge in [0, 0.05) is 36.4 Å². The average Bonchev–Trinajstić information content (AvgIpc) is 2.97. The minimum Gasteiger partial charge on any atom is -0.384 e. The molecule has 1 aliphatic heterocycles. The van der Waals surface area contributed by atoms with Crippen molar-refractivity contribution >= 4 is 22.5 Å². The Hall–Kier alpha value is -1.85. The summed E-state index contributed by atoms with van der Waals surface area (Å²) < 4.78 is 7.63. The van der Waals surface area contributed by atoms with Crippen LogP contribution in [0.3, 0.4) is 0 Å². The Morgan fingerprint density at radius 1 is 1.32 bits per heavy atom. The fraction of sp³-hybridized carbons (Fsp3) is 0.550.